The Bertz CT molecular complexity index is 788. The van der Waals surface area contributed by atoms with E-state index in [1.165, 1.54) is 28.8 Å². The molecule has 4 rings (SSSR count). The van der Waals surface area contributed by atoms with E-state index in [1.807, 2.05) is 18.1 Å². The fraction of sp³-hybridized carbons (Fsp3) is 0.192. The molecule has 0 bridgehead atoms. The van der Waals surface area contributed by atoms with Crippen molar-refractivity contribution in [3.63, 3.8) is 0 Å². The van der Waals surface area contributed by atoms with E-state index in [0.29, 0.717) is 0 Å². The Balaban J connectivity index is 0.000000235. The first kappa shape index (κ1) is 26.9. The van der Waals surface area contributed by atoms with Gasteiger partial charge in [-0.25, -0.2) is 0 Å². The van der Waals surface area contributed by atoms with Gasteiger partial charge in [0.2, 0.25) is 6.67 Å². The van der Waals surface area contributed by atoms with Crippen LogP contribution in [0, 0.1) is 6.67 Å². The third-order valence-electron chi connectivity index (χ3n) is 4.55. The summed E-state index contributed by atoms with van der Waals surface area (Å²) in [5, 5.41) is 4.19. The Hall–Kier alpha value is -1.33. The molecule has 3 aromatic rings. The molecule has 0 N–H and O–H groups in total. The van der Waals surface area contributed by atoms with Crippen molar-refractivity contribution in [3.8, 4) is 0 Å². The zero-order valence-electron chi connectivity index (χ0n) is 18.4. The van der Waals surface area contributed by atoms with Crippen LogP contribution in [0.5, 0.6) is 0 Å². The number of rotatable bonds is 6. The summed E-state index contributed by atoms with van der Waals surface area (Å²) in [6.45, 7) is 6.44. The Morgan fingerprint density at radius 2 is 1.16 bits per heavy atom. The normalized spacial score (nSPS) is 12.3. The number of benzene rings is 3. The maximum atomic E-state index is 4.81. The molecular weight excluding hydrogens is 549 g/mol. The quantitative estimate of drug-likeness (QED) is 0.250. The van der Waals surface area contributed by atoms with Gasteiger partial charge in [-0.3, -0.25) is 0 Å². The molecule has 2 nitrogen and oxygen atoms in total. The van der Waals surface area contributed by atoms with Gasteiger partial charge in [0.05, 0.1) is 0 Å². The van der Waals surface area contributed by atoms with E-state index < -0.39 is 7.92 Å². The Labute approximate surface area is 211 Å². The van der Waals surface area contributed by atoms with Crippen molar-refractivity contribution in [2.75, 3.05) is 13.6 Å². The van der Waals surface area contributed by atoms with Gasteiger partial charge in [0.1, 0.15) is 0 Å². The maximum absolute atomic E-state index is 4.81. The molecule has 6 heteroatoms. The number of hydrogen-bond acceptors (Lipinski definition) is 2. The van der Waals surface area contributed by atoms with Crippen LogP contribution in [-0.4, -0.2) is 23.4 Å². The average Bonchev–Trinajstić information content (AvgIpc) is 3.26. The second-order valence-electron chi connectivity index (χ2n) is 6.94. The first-order valence-electron chi connectivity index (χ1n) is 10.4. The van der Waals surface area contributed by atoms with E-state index in [4.69, 9.17) is 19.1 Å². The van der Waals surface area contributed by atoms with Gasteiger partial charge in [-0.2, -0.15) is 0 Å². The molecule has 0 spiro atoms. The molecule has 0 atom stereocenters. The van der Waals surface area contributed by atoms with Crippen LogP contribution >= 0.6 is 27.0 Å². The smallest absolute Gasteiger partial charge is 0.0134 e. The van der Waals surface area contributed by atoms with Crippen LogP contribution in [-0.2, 0) is 15.9 Å². The molecule has 0 aliphatic carbocycles. The monoisotopic (exact) mass is 576 g/mol. The molecular formula is C26H29Cl2N2PPd. The van der Waals surface area contributed by atoms with E-state index in [1.54, 1.807) is 0 Å². The maximum Gasteiger partial charge on any atom is -0.0134 e. The Morgan fingerprint density at radius 1 is 0.750 bits per heavy atom. The van der Waals surface area contributed by atoms with Gasteiger partial charge in [0.25, 0.3) is 0 Å². The van der Waals surface area contributed by atoms with Crippen LogP contribution in [0.25, 0.3) is 0 Å². The van der Waals surface area contributed by atoms with Crippen molar-refractivity contribution >= 4 is 42.9 Å². The van der Waals surface area contributed by atoms with Gasteiger partial charge in [0.15, 0.2) is 0 Å². The van der Waals surface area contributed by atoms with Crippen LogP contribution in [0.2, 0.25) is 0 Å². The molecule has 3 aromatic carbocycles. The molecule has 2 radical (unpaired) electrons. The van der Waals surface area contributed by atoms with Gasteiger partial charge in [-0.1, -0.05) is 104 Å². The summed E-state index contributed by atoms with van der Waals surface area (Å²) < 4.78 is 0. The zero-order chi connectivity index (χ0) is 23.0. The first-order valence-corrected chi connectivity index (χ1v) is 15.8. The summed E-state index contributed by atoms with van der Waals surface area (Å²) >= 11 is -0.106. The van der Waals surface area contributed by atoms with Gasteiger partial charge in [0, 0.05) is 26.0 Å². The minimum atomic E-state index is -0.446. The van der Waals surface area contributed by atoms with Crippen molar-refractivity contribution in [1.82, 2.24) is 9.80 Å². The molecule has 0 unspecified atom stereocenters. The summed E-state index contributed by atoms with van der Waals surface area (Å²) in [5.74, 6) is 0. The second kappa shape index (κ2) is 16.3. The molecule has 0 saturated carbocycles. The summed E-state index contributed by atoms with van der Waals surface area (Å²) in [5.41, 5.74) is 0. The van der Waals surface area contributed by atoms with Crippen LogP contribution in [0.1, 0.15) is 19.8 Å². The predicted octanol–water partition coefficient (Wildman–Crippen LogP) is 6.32. The molecule has 1 heterocycles. The number of hydrogen-bond donors (Lipinski definition) is 0. The average molecular weight is 578 g/mol. The zero-order valence-corrected chi connectivity index (χ0v) is 22.3. The van der Waals surface area contributed by atoms with Crippen LogP contribution in [0.4, 0.5) is 0 Å². The summed E-state index contributed by atoms with van der Waals surface area (Å²) in [7, 11) is 11.2. The van der Waals surface area contributed by atoms with Crippen molar-refractivity contribution in [2.24, 2.45) is 0 Å². The molecule has 0 saturated heterocycles. The number of halogens is 2. The molecule has 0 fully saturated rings. The molecule has 1 aliphatic rings. The van der Waals surface area contributed by atoms with E-state index in [9.17, 15) is 0 Å². The fourth-order valence-corrected chi connectivity index (χ4v) is 5.39. The molecule has 0 aromatic heterocycles. The minimum absolute atomic E-state index is 0.106. The van der Waals surface area contributed by atoms with Crippen LogP contribution in [0.15, 0.2) is 103 Å². The van der Waals surface area contributed by atoms with Crippen LogP contribution in [0.3, 0.4) is 0 Å². The SMILES string of the molecule is CCCCN1[C]N(C)C=C1.[Cl][Pd][Cl].c1ccc(P(c2ccccc2)c2ccccc2)cc1. The Kier molecular flexibility index (Phi) is 13.7. The van der Waals surface area contributed by atoms with Crippen molar-refractivity contribution in [1.29, 1.82) is 0 Å². The molecule has 1 aliphatic heterocycles. The van der Waals surface area contributed by atoms with E-state index >= 15 is 0 Å². The van der Waals surface area contributed by atoms with Gasteiger partial charge in [-0.05, 0) is 30.3 Å². The molecule has 0 amide bonds. The Morgan fingerprint density at radius 3 is 1.47 bits per heavy atom. The van der Waals surface area contributed by atoms with E-state index in [-0.39, 0.29) is 15.9 Å². The third kappa shape index (κ3) is 9.66. The molecule has 172 valence electrons. The van der Waals surface area contributed by atoms with Gasteiger partial charge in [-0.15, -0.1) is 0 Å². The van der Waals surface area contributed by atoms with Crippen LogP contribution < -0.4 is 15.9 Å². The summed E-state index contributed by atoms with van der Waals surface area (Å²) in [6, 6.07) is 32.3. The number of unbranched alkanes of at least 4 members (excludes halogenated alkanes) is 1. The summed E-state index contributed by atoms with van der Waals surface area (Å²) in [4.78, 5) is 4.03. The largest absolute Gasteiger partial charge is 0.0622 e. The van der Waals surface area contributed by atoms with Gasteiger partial charge >= 0.3 is 35.0 Å². The second-order valence-corrected chi connectivity index (χ2v) is 11.5. The van der Waals surface area contributed by atoms with Crippen molar-refractivity contribution in [2.45, 2.75) is 19.8 Å². The third-order valence-corrected chi connectivity index (χ3v) is 7.00. The predicted molar refractivity (Wildman–Crippen MR) is 139 cm³/mol. The summed E-state index contributed by atoms with van der Waals surface area (Å²) in [6.07, 6.45) is 6.55. The topological polar surface area (TPSA) is 6.48 Å². The van der Waals surface area contributed by atoms with E-state index in [0.717, 1.165) is 6.54 Å². The number of nitrogens with zero attached hydrogens (tertiary/aromatic N) is 2. The van der Waals surface area contributed by atoms with Gasteiger partial charge < -0.3 is 9.80 Å². The first-order chi connectivity index (χ1) is 15.7. The standard InChI is InChI=1S/C18H15P.C8H14N2.2ClH.Pd/c1-4-10-16(11-5-1)19(17-12-6-2-7-13-17)18-14-8-3-9-15-18;1-3-4-5-10-7-6-9(2)8-10;;;/h1-15H;6-7H,3-5H2,1-2H3;2*1H;/q;;;;+2/p-2. The van der Waals surface area contributed by atoms with E-state index in [2.05, 4.69) is 116 Å². The van der Waals surface area contributed by atoms with Crippen molar-refractivity contribution < 1.29 is 15.9 Å². The van der Waals surface area contributed by atoms with Crippen molar-refractivity contribution in [3.05, 3.63) is 110 Å². The minimum Gasteiger partial charge on any atom is -0.0622 e. The fourth-order valence-electron chi connectivity index (χ4n) is 3.08. The molecule has 32 heavy (non-hydrogen) atoms.